The number of allylic oxidation sites excluding steroid dienone is 1. The smallest absolute Gasteiger partial charge is 0.0576 e. The Morgan fingerprint density at radius 2 is 1.85 bits per heavy atom. The summed E-state index contributed by atoms with van der Waals surface area (Å²) in [5.74, 6) is 0. The molecule has 0 spiro atoms. The molecule has 0 bridgehead atoms. The van der Waals surface area contributed by atoms with E-state index in [9.17, 15) is 0 Å². The number of likely N-dealkylation sites (N-methyl/N-ethyl adjacent to an activating group) is 1. The minimum atomic E-state index is 1.00. The minimum absolute atomic E-state index is 1.00. The molecule has 0 saturated heterocycles. The molecule has 68 valence electrons. The Morgan fingerprint density at radius 3 is 2.38 bits per heavy atom. The molecular weight excluding hydrogens is 160 g/mol. The van der Waals surface area contributed by atoms with E-state index in [4.69, 9.17) is 0 Å². The van der Waals surface area contributed by atoms with E-state index in [0.717, 1.165) is 6.54 Å². The van der Waals surface area contributed by atoms with Crippen molar-refractivity contribution in [1.29, 1.82) is 0 Å². The van der Waals surface area contributed by atoms with E-state index in [1.165, 1.54) is 11.4 Å². The summed E-state index contributed by atoms with van der Waals surface area (Å²) in [7, 11) is 2.10. The van der Waals surface area contributed by atoms with Crippen molar-refractivity contribution in [3.05, 3.63) is 42.1 Å². The molecule has 1 aromatic rings. The average molecular weight is 174 g/mol. The molecule has 0 aliphatic carbocycles. The molecule has 0 amide bonds. The normalized spacial score (nSPS) is 17.7. The number of benzene rings is 1. The highest BCUT2D eigenvalue weighted by atomic mass is 15.6. The number of nitrogens with zero attached hydrogens (tertiary/aromatic N) is 2. The Balaban J connectivity index is 2.31. The molecule has 0 radical (unpaired) electrons. The summed E-state index contributed by atoms with van der Waals surface area (Å²) in [6, 6.07) is 10.4. The largest absolute Gasteiger partial charge is 0.279 e. The number of rotatable bonds is 1. The Labute approximate surface area is 79.1 Å². The van der Waals surface area contributed by atoms with E-state index < -0.39 is 0 Å². The molecule has 0 atom stereocenters. The first kappa shape index (κ1) is 8.32. The lowest BCUT2D eigenvalue weighted by atomic mass is 10.3. The summed E-state index contributed by atoms with van der Waals surface area (Å²) in [6.45, 7) is 3.14. The highest BCUT2D eigenvalue weighted by Gasteiger charge is 2.17. The van der Waals surface area contributed by atoms with Crippen LogP contribution in [-0.2, 0) is 0 Å². The molecule has 13 heavy (non-hydrogen) atoms. The van der Waals surface area contributed by atoms with Gasteiger partial charge in [0.05, 0.1) is 5.69 Å². The van der Waals surface area contributed by atoms with Crippen LogP contribution in [0.15, 0.2) is 42.1 Å². The molecular formula is C11H14N2. The lowest BCUT2D eigenvalue weighted by Gasteiger charge is -2.28. The monoisotopic (exact) mass is 174 g/mol. The van der Waals surface area contributed by atoms with E-state index >= 15 is 0 Å². The van der Waals surface area contributed by atoms with Gasteiger partial charge in [0.2, 0.25) is 0 Å². The number of hydrogen-bond acceptors (Lipinski definition) is 2. The minimum Gasteiger partial charge on any atom is -0.279 e. The van der Waals surface area contributed by atoms with Gasteiger partial charge in [0.25, 0.3) is 0 Å². The standard InChI is InChI=1S/C11H14N2/c1-10-8-9-12(2)13(10)11-6-4-3-5-7-11/h3-8H,9H2,1-2H3. The molecule has 2 nitrogen and oxygen atoms in total. The van der Waals surface area contributed by atoms with E-state index in [2.05, 4.69) is 54.3 Å². The van der Waals surface area contributed by atoms with Gasteiger partial charge < -0.3 is 0 Å². The second-order valence-electron chi connectivity index (χ2n) is 3.33. The first-order valence-corrected chi connectivity index (χ1v) is 4.52. The van der Waals surface area contributed by atoms with Gasteiger partial charge in [0.1, 0.15) is 0 Å². The first-order chi connectivity index (χ1) is 6.29. The van der Waals surface area contributed by atoms with Gasteiger partial charge in [0, 0.05) is 19.3 Å². The molecule has 2 heteroatoms. The predicted molar refractivity (Wildman–Crippen MR) is 55.3 cm³/mol. The maximum Gasteiger partial charge on any atom is 0.0576 e. The summed E-state index contributed by atoms with van der Waals surface area (Å²) < 4.78 is 0. The van der Waals surface area contributed by atoms with Crippen molar-refractivity contribution in [2.75, 3.05) is 18.6 Å². The molecule has 2 rings (SSSR count). The van der Waals surface area contributed by atoms with E-state index in [-0.39, 0.29) is 0 Å². The highest BCUT2D eigenvalue weighted by molar-refractivity contribution is 5.51. The fraction of sp³-hybridized carbons (Fsp3) is 0.273. The van der Waals surface area contributed by atoms with Crippen molar-refractivity contribution < 1.29 is 0 Å². The maximum atomic E-state index is 2.23. The Bertz CT molecular complexity index is 316. The van der Waals surface area contributed by atoms with Crippen LogP contribution < -0.4 is 5.01 Å². The van der Waals surface area contributed by atoms with Crippen molar-refractivity contribution >= 4 is 5.69 Å². The molecule has 1 aliphatic rings. The molecule has 1 aromatic carbocycles. The van der Waals surface area contributed by atoms with Crippen LogP contribution in [0.3, 0.4) is 0 Å². The number of hydrazine groups is 1. The molecule has 0 N–H and O–H groups in total. The van der Waals surface area contributed by atoms with Gasteiger partial charge in [-0.3, -0.25) is 5.01 Å². The number of anilines is 1. The van der Waals surface area contributed by atoms with Crippen LogP contribution in [0.2, 0.25) is 0 Å². The summed E-state index contributed by atoms with van der Waals surface area (Å²) in [5, 5.41) is 4.42. The zero-order valence-corrected chi connectivity index (χ0v) is 8.07. The first-order valence-electron chi connectivity index (χ1n) is 4.52. The van der Waals surface area contributed by atoms with E-state index in [1.807, 2.05) is 6.07 Å². The fourth-order valence-electron chi connectivity index (χ4n) is 1.67. The van der Waals surface area contributed by atoms with Gasteiger partial charge in [-0.25, -0.2) is 5.01 Å². The molecule has 1 heterocycles. The molecule has 0 aromatic heterocycles. The van der Waals surface area contributed by atoms with Crippen LogP contribution in [0.25, 0.3) is 0 Å². The van der Waals surface area contributed by atoms with Gasteiger partial charge in [-0.05, 0) is 25.1 Å². The van der Waals surface area contributed by atoms with Crippen molar-refractivity contribution in [1.82, 2.24) is 5.01 Å². The summed E-state index contributed by atoms with van der Waals surface area (Å²) in [5.41, 5.74) is 2.53. The van der Waals surface area contributed by atoms with Crippen LogP contribution in [0.1, 0.15) is 6.92 Å². The zero-order valence-electron chi connectivity index (χ0n) is 8.07. The second kappa shape index (κ2) is 3.23. The summed E-state index contributed by atoms with van der Waals surface area (Å²) in [4.78, 5) is 0. The number of hydrogen-bond donors (Lipinski definition) is 0. The SMILES string of the molecule is CC1=CCN(C)N1c1ccccc1. The second-order valence-corrected chi connectivity index (χ2v) is 3.33. The van der Waals surface area contributed by atoms with Crippen molar-refractivity contribution in [3.63, 3.8) is 0 Å². The van der Waals surface area contributed by atoms with Crippen LogP contribution >= 0.6 is 0 Å². The molecule has 0 fully saturated rings. The summed E-state index contributed by atoms with van der Waals surface area (Å²) >= 11 is 0. The summed E-state index contributed by atoms with van der Waals surface area (Å²) in [6.07, 6.45) is 2.23. The Kier molecular flexibility index (Phi) is 2.07. The van der Waals surface area contributed by atoms with Crippen LogP contribution in [0.5, 0.6) is 0 Å². The van der Waals surface area contributed by atoms with E-state index in [0.29, 0.717) is 0 Å². The third kappa shape index (κ3) is 1.45. The van der Waals surface area contributed by atoms with Crippen molar-refractivity contribution in [3.8, 4) is 0 Å². The van der Waals surface area contributed by atoms with E-state index in [1.54, 1.807) is 0 Å². The number of para-hydroxylation sites is 1. The maximum absolute atomic E-state index is 2.23. The van der Waals surface area contributed by atoms with Gasteiger partial charge in [-0.2, -0.15) is 0 Å². The third-order valence-electron chi connectivity index (χ3n) is 2.33. The Morgan fingerprint density at radius 1 is 1.15 bits per heavy atom. The predicted octanol–water partition coefficient (Wildman–Crippen LogP) is 2.26. The lowest BCUT2D eigenvalue weighted by molar-refractivity contribution is 0.390. The van der Waals surface area contributed by atoms with Gasteiger partial charge in [-0.1, -0.05) is 18.2 Å². The average Bonchev–Trinajstić information content (AvgIpc) is 2.48. The van der Waals surface area contributed by atoms with Crippen LogP contribution in [0, 0.1) is 0 Å². The molecule has 0 unspecified atom stereocenters. The molecule has 1 aliphatic heterocycles. The highest BCUT2D eigenvalue weighted by Crippen LogP contribution is 2.23. The Hall–Kier alpha value is -1.28. The van der Waals surface area contributed by atoms with Crippen molar-refractivity contribution in [2.24, 2.45) is 0 Å². The third-order valence-corrected chi connectivity index (χ3v) is 2.33. The van der Waals surface area contributed by atoms with Crippen LogP contribution in [0.4, 0.5) is 5.69 Å². The van der Waals surface area contributed by atoms with Gasteiger partial charge in [0.15, 0.2) is 0 Å². The topological polar surface area (TPSA) is 6.48 Å². The zero-order chi connectivity index (χ0) is 9.26. The fourth-order valence-corrected chi connectivity index (χ4v) is 1.67. The van der Waals surface area contributed by atoms with Gasteiger partial charge >= 0.3 is 0 Å². The van der Waals surface area contributed by atoms with Crippen LogP contribution in [-0.4, -0.2) is 18.6 Å². The molecule has 0 saturated carbocycles. The lowest BCUT2D eigenvalue weighted by Crippen LogP contribution is -2.33. The quantitative estimate of drug-likeness (QED) is 0.644. The van der Waals surface area contributed by atoms with Crippen molar-refractivity contribution in [2.45, 2.75) is 6.92 Å². The van der Waals surface area contributed by atoms with Gasteiger partial charge in [-0.15, -0.1) is 0 Å².